The summed E-state index contributed by atoms with van der Waals surface area (Å²) in [4.78, 5) is 8.93. The number of rotatable bonds is 3. The van der Waals surface area contributed by atoms with Crippen LogP contribution in [0.1, 0.15) is 30.4 Å². The SMILES string of the molecule is Cc1cc(C#N)cc(O)c1-c1ccc2oc(N[C@@H]3CCC[C@H]3N)nc2n1. The van der Waals surface area contributed by atoms with Crippen molar-refractivity contribution in [3.8, 4) is 23.1 Å². The summed E-state index contributed by atoms with van der Waals surface area (Å²) in [5.41, 5.74) is 9.44. The molecule has 0 bridgehead atoms. The molecule has 26 heavy (non-hydrogen) atoms. The lowest BCUT2D eigenvalue weighted by atomic mass is 10.0. The van der Waals surface area contributed by atoms with Crippen molar-refractivity contribution in [3.05, 3.63) is 35.4 Å². The van der Waals surface area contributed by atoms with Crippen molar-refractivity contribution in [2.24, 2.45) is 5.73 Å². The zero-order chi connectivity index (χ0) is 18.3. The van der Waals surface area contributed by atoms with E-state index in [1.54, 1.807) is 18.2 Å². The fraction of sp³-hybridized carbons (Fsp3) is 0.316. The van der Waals surface area contributed by atoms with Gasteiger partial charge in [-0.05, 0) is 56.0 Å². The molecule has 1 fully saturated rings. The van der Waals surface area contributed by atoms with Crippen LogP contribution in [-0.4, -0.2) is 27.2 Å². The fourth-order valence-corrected chi connectivity index (χ4v) is 3.51. The van der Waals surface area contributed by atoms with Crippen LogP contribution in [0.25, 0.3) is 22.5 Å². The minimum atomic E-state index is 0.0205. The molecule has 1 aliphatic rings. The van der Waals surface area contributed by atoms with Crippen molar-refractivity contribution in [3.63, 3.8) is 0 Å². The normalized spacial score (nSPS) is 19.6. The van der Waals surface area contributed by atoms with Crippen LogP contribution >= 0.6 is 0 Å². The molecule has 3 aromatic rings. The van der Waals surface area contributed by atoms with Gasteiger partial charge in [-0.25, -0.2) is 4.98 Å². The molecule has 2 heterocycles. The molecule has 2 aromatic heterocycles. The summed E-state index contributed by atoms with van der Waals surface area (Å²) in [6.45, 7) is 1.83. The second-order valence-electron chi connectivity index (χ2n) is 6.68. The Morgan fingerprint density at radius 3 is 2.85 bits per heavy atom. The van der Waals surface area contributed by atoms with Gasteiger partial charge in [0.05, 0.1) is 17.3 Å². The number of hydrogen-bond donors (Lipinski definition) is 3. The second-order valence-corrected chi connectivity index (χ2v) is 6.68. The van der Waals surface area contributed by atoms with Gasteiger partial charge in [-0.2, -0.15) is 10.2 Å². The molecule has 132 valence electrons. The van der Waals surface area contributed by atoms with E-state index in [1.165, 1.54) is 6.07 Å². The molecule has 0 saturated heterocycles. The van der Waals surface area contributed by atoms with Gasteiger partial charge in [0.2, 0.25) is 5.65 Å². The number of anilines is 1. The average molecular weight is 349 g/mol. The lowest BCUT2D eigenvalue weighted by molar-refractivity contribution is 0.476. The van der Waals surface area contributed by atoms with Crippen molar-refractivity contribution >= 4 is 17.2 Å². The maximum Gasteiger partial charge on any atom is 0.297 e. The summed E-state index contributed by atoms with van der Waals surface area (Å²) < 4.78 is 5.72. The summed E-state index contributed by atoms with van der Waals surface area (Å²) in [6, 6.07) is 9.41. The number of benzene rings is 1. The number of pyridine rings is 1. The van der Waals surface area contributed by atoms with Crippen molar-refractivity contribution < 1.29 is 9.52 Å². The van der Waals surface area contributed by atoms with Crippen LogP contribution in [0.4, 0.5) is 6.01 Å². The quantitative estimate of drug-likeness (QED) is 0.664. The van der Waals surface area contributed by atoms with Gasteiger partial charge in [-0.1, -0.05) is 0 Å². The first kappa shape index (κ1) is 16.4. The molecule has 0 aliphatic heterocycles. The maximum absolute atomic E-state index is 10.3. The number of aromatic hydroxyl groups is 1. The number of nitrogens with one attached hydrogen (secondary N) is 1. The lowest BCUT2D eigenvalue weighted by Crippen LogP contribution is -2.35. The number of aromatic nitrogens is 2. The number of phenols is 1. The lowest BCUT2D eigenvalue weighted by Gasteiger charge is -2.14. The topological polar surface area (TPSA) is 121 Å². The van der Waals surface area contributed by atoms with Crippen molar-refractivity contribution in [2.45, 2.75) is 38.3 Å². The van der Waals surface area contributed by atoms with E-state index in [1.807, 2.05) is 13.0 Å². The van der Waals surface area contributed by atoms with Gasteiger partial charge in [0.1, 0.15) is 5.75 Å². The van der Waals surface area contributed by atoms with E-state index in [2.05, 4.69) is 15.3 Å². The molecule has 0 spiro atoms. The van der Waals surface area contributed by atoms with Crippen LogP contribution in [0.15, 0.2) is 28.7 Å². The molecule has 4 rings (SSSR count). The van der Waals surface area contributed by atoms with E-state index in [9.17, 15) is 5.11 Å². The minimum Gasteiger partial charge on any atom is -0.507 e. The Labute approximate surface area is 150 Å². The largest absolute Gasteiger partial charge is 0.507 e. The summed E-state index contributed by atoms with van der Waals surface area (Å²) in [6.07, 6.45) is 3.09. The van der Waals surface area contributed by atoms with E-state index < -0.39 is 0 Å². The predicted octanol–water partition coefficient (Wildman–Crippen LogP) is 3.07. The maximum atomic E-state index is 10.3. The Morgan fingerprint density at radius 2 is 2.15 bits per heavy atom. The number of fused-ring (bicyclic) bond motifs is 1. The fourth-order valence-electron chi connectivity index (χ4n) is 3.51. The highest BCUT2D eigenvalue weighted by Gasteiger charge is 2.25. The van der Waals surface area contributed by atoms with Crippen LogP contribution in [0, 0.1) is 18.3 Å². The van der Waals surface area contributed by atoms with E-state index >= 15 is 0 Å². The van der Waals surface area contributed by atoms with Gasteiger partial charge in [-0.15, -0.1) is 0 Å². The van der Waals surface area contributed by atoms with E-state index in [4.69, 9.17) is 15.4 Å². The Morgan fingerprint density at radius 1 is 1.31 bits per heavy atom. The number of hydrogen-bond acceptors (Lipinski definition) is 7. The van der Waals surface area contributed by atoms with Crippen LogP contribution in [0.3, 0.4) is 0 Å². The van der Waals surface area contributed by atoms with Gasteiger partial charge in [-0.3, -0.25) is 0 Å². The molecule has 4 N–H and O–H groups in total. The number of nitrogens with zero attached hydrogens (tertiary/aromatic N) is 3. The zero-order valence-electron chi connectivity index (χ0n) is 14.4. The highest BCUT2D eigenvalue weighted by Crippen LogP contribution is 2.33. The Bertz CT molecular complexity index is 997. The monoisotopic (exact) mass is 349 g/mol. The van der Waals surface area contributed by atoms with Gasteiger partial charge in [0, 0.05) is 17.6 Å². The Kier molecular flexibility index (Phi) is 3.98. The molecule has 0 radical (unpaired) electrons. The van der Waals surface area contributed by atoms with E-state index in [0.717, 1.165) is 24.8 Å². The molecule has 1 saturated carbocycles. The number of aryl methyl sites for hydroxylation is 1. The molecule has 1 aliphatic carbocycles. The Balaban J connectivity index is 1.69. The predicted molar refractivity (Wildman–Crippen MR) is 97.6 cm³/mol. The molecular weight excluding hydrogens is 330 g/mol. The number of phenolic OH excluding ortho intramolecular Hbond substituents is 1. The second kappa shape index (κ2) is 6.32. The molecule has 2 atom stereocenters. The van der Waals surface area contributed by atoms with E-state index in [-0.39, 0.29) is 17.8 Å². The van der Waals surface area contributed by atoms with Gasteiger partial charge in [0.15, 0.2) is 5.58 Å². The average Bonchev–Trinajstić information content (AvgIpc) is 3.19. The Hall–Kier alpha value is -3.11. The summed E-state index contributed by atoms with van der Waals surface area (Å²) in [7, 11) is 0. The smallest absolute Gasteiger partial charge is 0.297 e. The molecule has 7 nitrogen and oxygen atoms in total. The van der Waals surface area contributed by atoms with Crippen LogP contribution in [-0.2, 0) is 0 Å². The molecular formula is C19H19N5O2. The highest BCUT2D eigenvalue weighted by atomic mass is 16.4. The van der Waals surface area contributed by atoms with Crippen molar-refractivity contribution in [1.29, 1.82) is 5.26 Å². The number of oxazole rings is 1. The van der Waals surface area contributed by atoms with Gasteiger partial charge >= 0.3 is 0 Å². The molecule has 0 amide bonds. The first-order valence-corrected chi connectivity index (χ1v) is 8.59. The summed E-state index contributed by atoms with van der Waals surface area (Å²) >= 11 is 0. The van der Waals surface area contributed by atoms with Crippen LogP contribution in [0.2, 0.25) is 0 Å². The van der Waals surface area contributed by atoms with Gasteiger partial charge in [0.25, 0.3) is 6.01 Å². The summed E-state index contributed by atoms with van der Waals surface area (Å²) in [5.74, 6) is 0.0205. The third-order valence-corrected chi connectivity index (χ3v) is 4.83. The first-order chi connectivity index (χ1) is 12.5. The van der Waals surface area contributed by atoms with Gasteiger partial charge < -0.3 is 20.6 Å². The van der Waals surface area contributed by atoms with Crippen LogP contribution in [0.5, 0.6) is 5.75 Å². The third-order valence-electron chi connectivity index (χ3n) is 4.83. The van der Waals surface area contributed by atoms with Crippen molar-refractivity contribution in [2.75, 3.05) is 5.32 Å². The molecule has 1 aromatic carbocycles. The number of nitriles is 1. The zero-order valence-corrected chi connectivity index (χ0v) is 14.4. The standard InChI is InChI=1S/C19H19N5O2/c1-10-7-11(9-20)8-15(25)17(10)14-5-6-16-18(22-14)24-19(26-16)23-13-4-2-3-12(13)21/h5-8,12-13,25H,2-4,21H2,1H3,(H,22,23,24)/t12-,13-/m1/s1. The van der Waals surface area contributed by atoms with Crippen molar-refractivity contribution in [1.82, 2.24) is 9.97 Å². The number of nitrogens with two attached hydrogens (primary N) is 1. The molecule has 0 unspecified atom stereocenters. The van der Waals surface area contributed by atoms with E-state index in [0.29, 0.717) is 34.1 Å². The minimum absolute atomic E-state index is 0.0205. The summed E-state index contributed by atoms with van der Waals surface area (Å²) in [5, 5.41) is 22.6. The highest BCUT2D eigenvalue weighted by molar-refractivity contribution is 5.78. The third kappa shape index (κ3) is 2.85. The van der Waals surface area contributed by atoms with Crippen LogP contribution < -0.4 is 11.1 Å². The molecule has 7 heteroatoms. The first-order valence-electron chi connectivity index (χ1n) is 8.59.